The van der Waals surface area contributed by atoms with Crippen LogP contribution in [0.25, 0.3) is 0 Å². The molecule has 0 aromatic carbocycles. The SMILES string of the molecule is COC(=O)C(Cl)(CCCC(C)CCCC(C)C)C(=O)O. The minimum Gasteiger partial charge on any atom is -0.479 e. The van der Waals surface area contributed by atoms with Crippen molar-refractivity contribution in [3.63, 3.8) is 0 Å². The van der Waals surface area contributed by atoms with Gasteiger partial charge < -0.3 is 9.84 Å². The first-order valence-corrected chi connectivity index (χ1v) is 7.62. The Kier molecular flexibility index (Phi) is 8.86. The van der Waals surface area contributed by atoms with Crippen LogP contribution in [-0.2, 0) is 14.3 Å². The van der Waals surface area contributed by atoms with Gasteiger partial charge in [-0.3, -0.25) is 0 Å². The molecule has 0 aliphatic carbocycles. The van der Waals surface area contributed by atoms with Crippen molar-refractivity contribution in [3.8, 4) is 0 Å². The van der Waals surface area contributed by atoms with E-state index in [1.54, 1.807) is 0 Å². The van der Waals surface area contributed by atoms with E-state index in [-0.39, 0.29) is 6.42 Å². The Labute approximate surface area is 126 Å². The standard InChI is InChI=1S/C15H27ClO4/c1-11(2)7-5-8-12(3)9-6-10-15(16,13(17)18)14(19)20-4/h11-12H,5-10H2,1-4H3,(H,17,18). The number of carbonyl (C=O) groups is 2. The summed E-state index contributed by atoms with van der Waals surface area (Å²) in [6.45, 7) is 6.56. The lowest BCUT2D eigenvalue weighted by Crippen LogP contribution is -2.42. The lowest BCUT2D eigenvalue weighted by molar-refractivity contribution is -0.154. The normalized spacial score (nSPS) is 15.7. The third kappa shape index (κ3) is 6.60. The maximum absolute atomic E-state index is 11.5. The molecule has 0 saturated carbocycles. The molecule has 2 unspecified atom stereocenters. The largest absolute Gasteiger partial charge is 0.479 e. The van der Waals surface area contributed by atoms with Gasteiger partial charge >= 0.3 is 11.9 Å². The van der Waals surface area contributed by atoms with Gasteiger partial charge in [-0.2, -0.15) is 0 Å². The third-order valence-electron chi connectivity index (χ3n) is 3.54. The fourth-order valence-corrected chi connectivity index (χ4v) is 2.38. The molecule has 5 heteroatoms. The van der Waals surface area contributed by atoms with Crippen LogP contribution in [0.15, 0.2) is 0 Å². The Balaban J connectivity index is 4.12. The number of carbonyl (C=O) groups excluding carboxylic acids is 1. The van der Waals surface area contributed by atoms with Gasteiger partial charge in [0.25, 0.3) is 0 Å². The van der Waals surface area contributed by atoms with Gasteiger partial charge in [0, 0.05) is 0 Å². The summed E-state index contributed by atoms with van der Waals surface area (Å²) in [5, 5.41) is 9.07. The predicted molar refractivity (Wildman–Crippen MR) is 79.9 cm³/mol. The summed E-state index contributed by atoms with van der Waals surface area (Å²) >= 11 is 5.88. The van der Waals surface area contributed by atoms with Gasteiger partial charge in [-0.15, -0.1) is 0 Å². The fraction of sp³-hybridized carbons (Fsp3) is 0.867. The number of halogens is 1. The zero-order valence-corrected chi connectivity index (χ0v) is 13.7. The molecule has 0 aliphatic rings. The molecule has 0 aliphatic heterocycles. The summed E-state index contributed by atoms with van der Waals surface area (Å²) in [7, 11) is 1.15. The van der Waals surface area contributed by atoms with Crippen molar-refractivity contribution < 1.29 is 19.4 Å². The summed E-state index contributed by atoms with van der Waals surface area (Å²) in [4.78, 5) is 20.6. The van der Waals surface area contributed by atoms with Crippen LogP contribution >= 0.6 is 11.6 Å². The molecule has 0 aromatic rings. The van der Waals surface area contributed by atoms with Crippen LogP contribution < -0.4 is 0 Å². The quantitative estimate of drug-likeness (QED) is 0.378. The first kappa shape index (κ1) is 19.2. The zero-order valence-electron chi connectivity index (χ0n) is 12.9. The van der Waals surface area contributed by atoms with E-state index in [1.165, 1.54) is 12.8 Å². The highest BCUT2D eigenvalue weighted by Crippen LogP contribution is 2.27. The molecule has 0 fully saturated rings. The van der Waals surface area contributed by atoms with Crippen molar-refractivity contribution in [2.75, 3.05) is 7.11 Å². The van der Waals surface area contributed by atoms with E-state index in [0.717, 1.165) is 20.0 Å². The summed E-state index contributed by atoms with van der Waals surface area (Å²) in [5.74, 6) is -0.997. The van der Waals surface area contributed by atoms with Gasteiger partial charge in [0.15, 0.2) is 0 Å². The molecule has 0 amide bonds. The maximum Gasteiger partial charge on any atom is 0.338 e. The molecule has 0 radical (unpaired) electrons. The predicted octanol–water partition coefficient (Wildman–Crippen LogP) is 3.85. The van der Waals surface area contributed by atoms with Gasteiger partial charge in [0.1, 0.15) is 0 Å². The van der Waals surface area contributed by atoms with Gasteiger partial charge in [-0.05, 0) is 18.3 Å². The van der Waals surface area contributed by atoms with E-state index in [1.807, 2.05) is 0 Å². The van der Waals surface area contributed by atoms with Crippen molar-refractivity contribution in [1.29, 1.82) is 0 Å². The summed E-state index contributed by atoms with van der Waals surface area (Å²) in [5.41, 5.74) is 0. The van der Waals surface area contributed by atoms with Gasteiger partial charge in [0.2, 0.25) is 4.87 Å². The number of ether oxygens (including phenoxy) is 1. The summed E-state index contributed by atoms with van der Waals surface area (Å²) < 4.78 is 4.47. The minimum absolute atomic E-state index is 0.102. The molecule has 0 spiro atoms. The second-order valence-corrected chi connectivity index (χ2v) is 6.57. The lowest BCUT2D eigenvalue weighted by atomic mass is 9.93. The van der Waals surface area contributed by atoms with E-state index in [2.05, 4.69) is 25.5 Å². The molecule has 0 saturated heterocycles. The van der Waals surface area contributed by atoms with E-state index in [0.29, 0.717) is 18.3 Å². The van der Waals surface area contributed by atoms with Crippen molar-refractivity contribution in [2.45, 2.75) is 64.2 Å². The van der Waals surface area contributed by atoms with Crippen LogP contribution in [-0.4, -0.2) is 29.0 Å². The number of carboxylic acid groups (broad SMARTS) is 1. The second-order valence-electron chi connectivity index (χ2n) is 5.92. The Bertz CT molecular complexity index is 317. The molecular formula is C15H27ClO4. The Morgan fingerprint density at radius 3 is 2.15 bits per heavy atom. The average molecular weight is 307 g/mol. The minimum atomic E-state index is -1.94. The summed E-state index contributed by atoms with van der Waals surface area (Å²) in [6, 6.07) is 0. The first-order valence-electron chi connectivity index (χ1n) is 7.24. The number of esters is 1. The van der Waals surface area contributed by atoms with Crippen LogP contribution in [0, 0.1) is 11.8 Å². The van der Waals surface area contributed by atoms with Crippen LogP contribution in [0.5, 0.6) is 0 Å². The number of hydrogen-bond acceptors (Lipinski definition) is 3. The Morgan fingerprint density at radius 2 is 1.70 bits per heavy atom. The molecule has 0 heterocycles. The van der Waals surface area contributed by atoms with E-state index < -0.39 is 16.8 Å². The van der Waals surface area contributed by atoms with Gasteiger partial charge in [-0.25, -0.2) is 9.59 Å². The highest BCUT2D eigenvalue weighted by molar-refractivity contribution is 6.44. The third-order valence-corrected chi connectivity index (χ3v) is 4.05. The number of aliphatic carboxylic acids is 1. The molecular weight excluding hydrogens is 280 g/mol. The second kappa shape index (κ2) is 9.22. The molecule has 20 heavy (non-hydrogen) atoms. The molecule has 118 valence electrons. The fourth-order valence-electron chi connectivity index (χ4n) is 2.17. The molecule has 0 aromatic heterocycles. The Morgan fingerprint density at radius 1 is 1.15 bits per heavy atom. The van der Waals surface area contributed by atoms with Crippen molar-refractivity contribution >= 4 is 23.5 Å². The Hall–Kier alpha value is -0.770. The monoisotopic (exact) mass is 306 g/mol. The van der Waals surface area contributed by atoms with E-state index in [4.69, 9.17) is 16.7 Å². The van der Waals surface area contributed by atoms with Crippen LogP contribution in [0.1, 0.15) is 59.3 Å². The number of methoxy groups -OCH3 is 1. The van der Waals surface area contributed by atoms with Crippen LogP contribution in [0.2, 0.25) is 0 Å². The van der Waals surface area contributed by atoms with Crippen molar-refractivity contribution in [3.05, 3.63) is 0 Å². The lowest BCUT2D eigenvalue weighted by Gasteiger charge is -2.20. The van der Waals surface area contributed by atoms with E-state index >= 15 is 0 Å². The molecule has 0 rings (SSSR count). The van der Waals surface area contributed by atoms with E-state index in [9.17, 15) is 9.59 Å². The molecule has 2 atom stereocenters. The van der Waals surface area contributed by atoms with Gasteiger partial charge in [0.05, 0.1) is 7.11 Å². The number of hydrogen-bond donors (Lipinski definition) is 1. The number of carboxylic acids is 1. The topological polar surface area (TPSA) is 63.6 Å². The van der Waals surface area contributed by atoms with Crippen molar-refractivity contribution in [1.82, 2.24) is 0 Å². The van der Waals surface area contributed by atoms with Crippen molar-refractivity contribution in [2.24, 2.45) is 11.8 Å². The number of rotatable bonds is 10. The maximum atomic E-state index is 11.5. The molecule has 1 N–H and O–H groups in total. The first-order chi connectivity index (χ1) is 9.24. The van der Waals surface area contributed by atoms with Crippen LogP contribution in [0.3, 0.4) is 0 Å². The van der Waals surface area contributed by atoms with Crippen LogP contribution in [0.4, 0.5) is 0 Å². The molecule has 4 nitrogen and oxygen atoms in total. The highest BCUT2D eigenvalue weighted by Gasteiger charge is 2.45. The summed E-state index contributed by atoms with van der Waals surface area (Å²) in [6.07, 6.45) is 5.09. The highest BCUT2D eigenvalue weighted by atomic mass is 35.5. The molecule has 0 bridgehead atoms. The van der Waals surface area contributed by atoms with Gasteiger partial charge in [-0.1, -0.05) is 64.5 Å². The number of alkyl halides is 1. The zero-order chi connectivity index (χ0) is 15.8. The average Bonchev–Trinajstić information content (AvgIpc) is 2.36. The smallest absolute Gasteiger partial charge is 0.338 e.